The molecule has 162 valence electrons. The third kappa shape index (κ3) is 4.33. The highest BCUT2D eigenvalue weighted by atomic mass is 16.4. The molecule has 4 aromatic carbocycles. The molecule has 7 nitrogen and oxygen atoms in total. The van der Waals surface area contributed by atoms with Gasteiger partial charge in [-0.3, -0.25) is 14.4 Å². The first-order valence-corrected chi connectivity index (χ1v) is 10.0. The van der Waals surface area contributed by atoms with Crippen LogP contribution in [0.3, 0.4) is 0 Å². The molecule has 0 spiro atoms. The van der Waals surface area contributed by atoms with Gasteiger partial charge in [0.1, 0.15) is 0 Å². The van der Waals surface area contributed by atoms with Crippen molar-refractivity contribution in [3.05, 3.63) is 107 Å². The molecule has 0 saturated carbocycles. The first-order valence-electron chi connectivity index (χ1n) is 10.0. The number of carboxylic acid groups (broad SMARTS) is 1. The second-order valence-corrected chi connectivity index (χ2v) is 7.18. The monoisotopic (exact) mass is 438 g/mol. The van der Waals surface area contributed by atoms with E-state index in [2.05, 4.69) is 10.6 Å². The zero-order chi connectivity index (χ0) is 23.4. The molecule has 2 amide bonds. The molecule has 0 fully saturated rings. The maximum absolute atomic E-state index is 13.1. The van der Waals surface area contributed by atoms with Crippen LogP contribution in [-0.4, -0.2) is 29.2 Å². The molecule has 33 heavy (non-hydrogen) atoms. The molecule has 0 saturated heterocycles. The lowest BCUT2D eigenvalue weighted by molar-refractivity contribution is 0.0698. The van der Waals surface area contributed by atoms with E-state index in [1.54, 1.807) is 60.7 Å². The predicted octanol–water partition coefficient (Wildman–Crippen LogP) is 4.86. The van der Waals surface area contributed by atoms with Crippen LogP contribution in [0.2, 0.25) is 0 Å². The first kappa shape index (κ1) is 21.5. The number of para-hydroxylation sites is 2. The van der Waals surface area contributed by atoms with Crippen molar-refractivity contribution in [2.75, 3.05) is 10.6 Å². The number of aldehydes is 1. The van der Waals surface area contributed by atoms with Gasteiger partial charge in [0, 0.05) is 38.8 Å². The van der Waals surface area contributed by atoms with Gasteiger partial charge in [-0.05, 0) is 42.5 Å². The van der Waals surface area contributed by atoms with Gasteiger partial charge in [0.15, 0.2) is 6.29 Å². The standard InChI is InChI=1S/C26H18N2O5/c29-15-16-11-12-21(26(32)33)23-20(25(31)28-18-9-5-2-6-10-18)14-13-19(22(16)23)24(30)27-17-7-3-1-4-8-17/h1-15H,(H,27,30)(H,28,31)(H,32,33). The number of rotatable bonds is 6. The number of carboxylic acids is 1. The van der Waals surface area contributed by atoms with Crippen molar-refractivity contribution in [3.63, 3.8) is 0 Å². The number of benzene rings is 4. The average Bonchev–Trinajstić information content (AvgIpc) is 2.83. The van der Waals surface area contributed by atoms with Gasteiger partial charge in [0.05, 0.1) is 5.56 Å². The van der Waals surface area contributed by atoms with Gasteiger partial charge in [0.2, 0.25) is 0 Å². The highest BCUT2D eigenvalue weighted by Crippen LogP contribution is 2.31. The van der Waals surface area contributed by atoms with Gasteiger partial charge in [-0.2, -0.15) is 0 Å². The fourth-order valence-electron chi connectivity index (χ4n) is 3.62. The summed E-state index contributed by atoms with van der Waals surface area (Å²) in [7, 11) is 0. The Balaban J connectivity index is 1.90. The molecule has 0 atom stereocenters. The minimum atomic E-state index is -1.29. The minimum absolute atomic E-state index is 0.0150. The van der Waals surface area contributed by atoms with E-state index in [-0.39, 0.29) is 33.0 Å². The largest absolute Gasteiger partial charge is 0.478 e. The molecule has 4 rings (SSSR count). The van der Waals surface area contributed by atoms with Crippen LogP contribution < -0.4 is 10.6 Å². The summed E-state index contributed by atoms with van der Waals surface area (Å²) < 4.78 is 0. The van der Waals surface area contributed by atoms with Crippen LogP contribution >= 0.6 is 0 Å². The first-order chi connectivity index (χ1) is 16.0. The van der Waals surface area contributed by atoms with Crippen molar-refractivity contribution in [3.8, 4) is 0 Å². The number of carbonyl (C=O) groups is 4. The zero-order valence-corrected chi connectivity index (χ0v) is 17.2. The smallest absolute Gasteiger partial charge is 0.336 e. The van der Waals surface area contributed by atoms with Gasteiger partial charge in [-0.1, -0.05) is 42.5 Å². The van der Waals surface area contributed by atoms with Crippen LogP contribution in [0.1, 0.15) is 41.4 Å². The van der Waals surface area contributed by atoms with E-state index in [1.807, 2.05) is 0 Å². The molecule has 0 bridgehead atoms. The van der Waals surface area contributed by atoms with Crippen molar-refractivity contribution < 1.29 is 24.3 Å². The van der Waals surface area contributed by atoms with Crippen molar-refractivity contribution in [2.45, 2.75) is 0 Å². The Labute approximate surface area is 188 Å². The fraction of sp³-hybridized carbons (Fsp3) is 0. The molecular weight excluding hydrogens is 420 g/mol. The molecule has 0 aliphatic rings. The number of amides is 2. The molecule has 3 N–H and O–H groups in total. The van der Waals surface area contributed by atoms with Gasteiger partial charge in [-0.15, -0.1) is 0 Å². The van der Waals surface area contributed by atoms with Crippen LogP contribution in [0.4, 0.5) is 11.4 Å². The van der Waals surface area contributed by atoms with Crippen molar-refractivity contribution in [1.82, 2.24) is 0 Å². The van der Waals surface area contributed by atoms with Crippen LogP contribution in [0.5, 0.6) is 0 Å². The predicted molar refractivity (Wildman–Crippen MR) is 125 cm³/mol. The number of carbonyl (C=O) groups excluding carboxylic acids is 3. The van der Waals surface area contributed by atoms with E-state index in [4.69, 9.17) is 0 Å². The summed E-state index contributed by atoms with van der Waals surface area (Å²) in [6.07, 6.45) is 0.534. The molecule has 4 aromatic rings. The van der Waals surface area contributed by atoms with Crippen LogP contribution in [0.15, 0.2) is 84.9 Å². The van der Waals surface area contributed by atoms with E-state index in [0.717, 1.165) is 0 Å². The Morgan fingerprint density at radius 2 is 1.06 bits per heavy atom. The summed E-state index contributed by atoms with van der Waals surface area (Å²) >= 11 is 0. The molecule has 7 heteroatoms. The molecule has 0 aromatic heterocycles. The topological polar surface area (TPSA) is 113 Å². The normalized spacial score (nSPS) is 10.4. The van der Waals surface area contributed by atoms with Crippen molar-refractivity contribution in [2.24, 2.45) is 0 Å². The molecular formula is C26H18N2O5. The second-order valence-electron chi connectivity index (χ2n) is 7.18. The summed E-state index contributed by atoms with van der Waals surface area (Å²) in [5.41, 5.74) is 1.07. The summed E-state index contributed by atoms with van der Waals surface area (Å²) in [4.78, 5) is 50.0. The minimum Gasteiger partial charge on any atom is -0.478 e. The van der Waals surface area contributed by atoms with E-state index in [9.17, 15) is 24.3 Å². The Hall–Kier alpha value is -4.78. The molecule has 0 aliphatic heterocycles. The number of nitrogens with one attached hydrogen (secondary N) is 2. The van der Waals surface area contributed by atoms with Gasteiger partial charge in [-0.25, -0.2) is 4.79 Å². The molecule has 0 radical (unpaired) electrons. The Morgan fingerprint density at radius 3 is 1.52 bits per heavy atom. The third-order valence-electron chi connectivity index (χ3n) is 5.10. The van der Waals surface area contributed by atoms with Crippen molar-refractivity contribution in [1.29, 1.82) is 0 Å². The third-order valence-corrected chi connectivity index (χ3v) is 5.10. The Kier molecular flexibility index (Phi) is 5.95. The quantitative estimate of drug-likeness (QED) is 0.372. The zero-order valence-electron chi connectivity index (χ0n) is 17.2. The molecule has 0 heterocycles. The average molecular weight is 438 g/mol. The number of hydrogen-bond acceptors (Lipinski definition) is 4. The number of aromatic carboxylic acids is 1. The Bertz CT molecular complexity index is 1380. The second kappa shape index (κ2) is 9.15. The summed E-state index contributed by atoms with van der Waals surface area (Å²) in [6.45, 7) is 0. The SMILES string of the molecule is O=Cc1ccc(C(=O)O)c2c(C(=O)Nc3ccccc3)ccc(C(=O)Nc3ccccc3)c12. The van der Waals surface area contributed by atoms with Gasteiger partial charge in [0.25, 0.3) is 11.8 Å². The maximum Gasteiger partial charge on any atom is 0.336 e. The van der Waals surface area contributed by atoms with Crippen LogP contribution in [-0.2, 0) is 0 Å². The van der Waals surface area contributed by atoms with E-state index in [0.29, 0.717) is 17.7 Å². The summed E-state index contributed by atoms with van der Waals surface area (Å²) in [6, 6.07) is 22.8. The lowest BCUT2D eigenvalue weighted by Crippen LogP contribution is -2.17. The highest BCUT2D eigenvalue weighted by molar-refractivity contribution is 6.25. The summed E-state index contributed by atoms with van der Waals surface area (Å²) in [5.74, 6) is -2.38. The number of hydrogen-bond donors (Lipinski definition) is 3. The fourth-order valence-corrected chi connectivity index (χ4v) is 3.62. The van der Waals surface area contributed by atoms with E-state index < -0.39 is 17.8 Å². The van der Waals surface area contributed by atoms with Crippen molar-refractivity contribution >= 4 is 46.2 Å². The molecule has 0 unspecified atom stereocenters. The van der Waals surface area contributed by atoms with Crippen LogP contribution in [0.25, 0.3) is 10.8 Å². The Morgan fingerprint density at radius 1 is 0.606 bits per heavy atom. The summed E-state index contributed by atoms with van der Waals surface area (Å²) in [5, 5.41) is 15.4. The van der Waals surface area contributed by atoms with Gasteiger partial charge >= 0.3 is 5.97 Å². The van der Waals surface area contributed by atoms with Gasteiger partial charge < -0.3 is 15.7 Å². The number of anilines is 2. The lowest BCUT2D eigenvalue weighted by Gasteiger charge is -2.15. The van der Waals surface area contributed by atoms with E-state index >= 15 is 0 Å². The maximum atomic E-state index is 13.1. The van der Waals surface area contributed by atoms with Crippen LogP contribution in [0, 0.1) is 0 Å². The lowest BCUT2D eigenvalue weighted by atomic mass is 9.91. The number of fused-ring (bicyclic) bond motifs is 1. The van der Waals surface area contributed by atoms with E-state index in [1.165, 1.54) is 24.3 Å². The highest BCUT2D eigenvalue weighted by Gasteiger charge is 2.23. The molecule has 0 aliphatic carbocycles.